The fourth-order valence-electron chi connectivity index (χ4n) is 3.32. The first-order valence-corrected chi connectivity index (χ1v) is 8.86. The van der Waals surface area contributed by atoms with E-state index in [1.54, 1.807) is 0 Å². The molecule has 0 aromatic heterocycles. The lowest BCUT2D eigenvalue weighted by molar-refractivity contribution is -0.0834. The summed E-state index contributed by atoms with van der Waals surface area (Å²) in [6.45, 7) is 2.87. The van der Waals surface area contributed by atoms with Gasteiger partial charge in [0.25, 0.3) is 0 Å². The van der Waals surface area contributed by atoms with Gasteiger partial charge in [0.05, 0.1) is 5.60 Å². The van der Waals surface area contributed by atoms with E-state index in [1.807, 2.05) is 24.8 Å². The van der Waals surface area contributed by atoms with Crippen molar-refractivity contribution >= 4 is 23.4 Å². The van der Waals surface area contributed by atoms with Gasteiger partial charge in [-0.2, -0.15) is 11.8 Å². The minimum absolute atomic E-state index is 0.0690. The maximum absolute atomic E-state index is 6.52. The summed E-state index contributed by atoms with van der Waals surface area (Å²) in [6.07, 6.45) is 3.32. The third kappa shape index (κ3) is 2.87. The first-order valence-electron chi connectivity index (χ1n) is 7.33. The summed E-state index contributed by atoms with van der Waals surface area (Å²) < 4.78 is 6.08. The standard InChI is InChI=1S/C16H22ClNOS/c1-11-2-3-12(8-14(11)17)15(18)13-4-6-19-16(9-13)5-7-20-10-16/h2-3,8,13,15H,4-7,9-10,18H2,1H3. The molecule has 4 heteroatoms. The Kier molecular flexibility index (Phi) is 4.32. The zero-order chi connectivity index (χ0) is 14.2. The number of hydrogen-bond donors (Lipinski definition) is 1. The van der Waals surface area contributed by atoms with Crippen molar-refractivity contribution in [2.24, 2.45) is 11.7 Å². The van der Waals surface area contributed by atoms with Gasteiger partial charge in [0.15, 0.2) is 0 Å². The molecule has 0 bridgehead atoms. The highest BCUT2D eigenvalue weighted by Gasteiger charge is 2.42. The van der Waals surface area contributed by atoms with E-state index >= 15 is 0 Å². The molecule has 2 N–H and O–H groups in total. The van der Waals surface area contributed by atoms with Crippen LogP contribution in [-0.2, 0) is 4.74 Å². The summed E-state index contributed by atoms with van der Waals surface area (Å²) >= 11 is 8.24. The quantitative estimate of drug-likeness (QED) is 0.898. The van der Waals surface area contributed by atoms with Gasteiger partial charge in [-0.1, -0.05) is 23.7 Å². The molecule has 20 heavy (non-hydrogen) atoms. The summed E-state index contributed by atoms with van der Waals surface area (Å²) in [5.74, 6) is 2.85. The van der Waals surface area contributed by atoms with E-state index in [4.69, 9.17) is 22.1 Å². The fraction of sp³-hybridized carbons (Fsp3) is 0.625. The summed E-state index contributed by atoms with van der Waals surface area (Å²) in [4.78, 5) is 0. The average molecular weight is 312 g/mol. The average Bonchev–Trinajstić information content (AvgIpc) is 2.89. The number of thioether (sulfide) groups is 1. The highest BCUT2D eigenvalue weighted by molar-refractivity contribution is 7.99. The molecular formula is C16H22ClNOS. The van der Waals surface area contributed by atoms with Gasteiger partial charge in [-0.3, -0.25) is 0 Å². The van der Waals surface area contributed by atoms with Gasteiger partial charge in [0.2, 0.25) is 0 Å². The Hall–Kier alpha value is -0.220. The molecule has 2 aliphatic heterocycles. The Morgan fingerprint density at radius 3 is 3.05 bits per heavy atom. The summed E-state index contributed by atoms with van der Waals surface area (Å²) in [7, 11) is 0. The van der Waals surface area contributed by atoms with Crippen LogP contribution >= 0.6 is 23.4 Å². The van der Waals surface area contributed by atoms with E-state index in [9.17, 15) is 0 Å². The lowest BCUT2D eigenvalue weighted by Crippen LogP contribution is -2.42. The van der Waals surface area contributed by atoms with Gasteiger partial charge in [0, 0.05) is 23.4 Å². The van der Waals surface area contributed by atoms with E-state index in [2.05, 4.69) is 12.1 Å². The number of hydrogen-bond acceptors (Lipinski definition) is 3. The molecule has 0 saturated carbocycles. The van der Waals surface area contributed by atoms with Gasteiger partial charge < -0.3 is 10.5 Å². The highest BCUT2D eigenvalue weighted by atomic mass is 35.5. The molecule has 1 aromatic rings. The van der Waals surface area contributed by atoms with Crippen molar-refractivity contribution in [3.8, 4) is 0 Å². The van der Waals surface area contributed by atoms with Crippen molar-refractivity contribution in [3.63, 3.8) is 0 Å². The molecule has 0 aliphatic carbocycles. The molecule has 2 heterocycles. The predicted molar refractivity (Wildman–Crippen MR) is 86.5 cm³/mol. The molecule has 0 radical (unpaired) electrons. The first-order chi connectivity index (χ1) is 9.60. The number of rotatable bonds is 2. The smallest absolute Gasteiger partial charge is 0.0783 e. The molecule has 3 unspecified atom stereocenters. The largest absolute Gasteiger partial charge is 0.374 e. The van der Waals surface area contributed by atoms with E-state index in [1.165, 1.54) is 12.2 Å². The maximum atomic E-state index is 6.52. The zero-order valence-corrected chi connectivity index (χ0v) is 13.5. The van der Waals surface area contributed by atoms with Crippen LogP contribution in [0.5, 0.6) is 0 Å². The number of halogens is 1. The van der Waals surface area contributed by atoms with Crippen LogP contribution in [0.2, 0.25) is 5.02 Å². The van der Waals surface area contributed by atoms with Crippen LogP contribution in [0.15, 0.2) is 18.2 Å². The minimum Gasteiger partial charge on any atom is -0.374 e. The Bertz CT molecular complexity index is 487. The summed E-state index contributed by atoms with van der Waals surface area (Å²) in [5, 5.41) is 0.816. The van der Waals surface area contributed by atoms with E-state index in [0.717, 1.165) is 41.4 Å². The van der Waals surface area contributed by atoms with Crippen molar-refractivity contribution in [2.75, 3.05) is 18.1 Å². The van der Waals surface area contributed by atoms with Crippen molar-refractivity contribution in [2.45, 2.75) is 37.8 Å². The first kappa shape index (κ1) is 14.7. The monoisotopic (exact) mass is 311 g/mol. The van der Waals surface area contributed by atoms with E-state index in [0.29, 0.717) is 5.92 Å². The van der Waals surface area contributed by atoms with Crippen molar-refractivity contribution in [3.05, 3.63) is 34.3 Å². The maximum Gasteiger partial charge on any atom is 0.0783 e. The molecule has 2 saturated heterocycles. The number of nitrogens with two attached hydrogens (primary N) is 1. The molecule has 3 atom stereocenters. The zero-order valence-electron chi connectivity index (χ0n) is 11.9. The molecule has 2 fully saturated rings. The van der Waals surface area contributed by atoms with Crippen LogP contribution in [0.25, 0.3) is 0 Å². The van der Waals surface area contributed by atoms with Gasteiger partial charge in [0.1, 0.15) is 0 Å². The molecule has 3 rings (SSSR count). The highest BCUT2D eigenvalue weighted by Crippen LogP contribution is 2.43. The molecule has 0 amide bonds. The molecule has 1 spiro atoms. The van der Waals surface area contributed by atoms with Crippen LogP contribution in [0, 0.1) is 12.8 Å². The van der Waals surface area contributed by atoms with E-state index < -0.39 is 0 Å². The van der Waals surface area contributed by atoms with Crippen molar-refractivity contribution in [1.82, 2.24) is 0 Å². The molecule has 2 aliphatic rings. The van der Waals surface area contributed by atoms with Crippen LogP contribution in [0.4, 0.5) is 0 Å². The second-order valence-corrected chi connectivity index (χ2v) is 7.63. The fourth-order valence-corrected chi connectivity index (χ4v) is 4.89. The van der Waals surface area contributed by atoms with Crippen LogP contribution < -0.4 is 5.73 Å². The third-order valence-electron chi connectivity index (χ3n) is 4.69. The van der Waals surface area contributed by atoms with Gasteiger partial charge in [-0.15, -0.1) is 0 Å². The number of ether oxygens (including phenoxy) is 1. The third-order valence-corrected chi connectivity index (χ3v) is 6.32. The summed E-state index contributed by atoms with van der Waals surface area (Å²) in [6, 6.07) is 6.29. The van der Waals surface area contributed by atoms with Gasteiger partial charge in [-0.25, -0.2) is 0 Å². The molecule has 1 aromatic carbocycles. The number of benzene rings is 1. The Morgan fingerprint density at radius 2 is 2.35 bits per heavy atom. The summed E-state index contributed by atoms with van der Waals surface area (Å²) in [5.41, 5.74) is 8.89. The second kappa shape index (κ2) is 5.88. The Morgan fingerprint density at radius 1 is 1.50 bits per heavy atom. The molecule has 2 nitrogen and oxygen atoms in total. The lowest BCUT2D eigenvalue weighted by Gasteiger charge is -2.40. The van der Waals surface area contributed by atoms with E-state index in [-0.39, 0.29) is 11.6 Å². The second-order valence-electron chi connectivity index (χ2n) is 6.12. The molecular weight excluding hydrogens is 290 g/mol. The Labute approximate surface area is 130 Å². The van der Waals surface area contributed by atoms with Crippen molar-refractivity contribution < 1.29 is 4.74 Å². The predicted octanol–water partition coefficient (Wildman–Crippen LogP) is 3.95. The van der Waals surface area contributed by atoms with Gasteiger partial charge in [-0.05, 0) is 55.1 Å². The van der Waals surface area contributed by atoms with Gasteiger partial charge >= 0.3 is 0 Å². The topological polar surface area (TPSA) is 35.2 Å². The van der Waals surface area contributed by atoms with Crippen LogP contribution in [0.1, 0.15) is 36.4 Å². The molecule has 110 valence electrons. The van der Waals surface area contributed by atoms with Crippen molar-refractivity contribution in [1.29, 1.82) is 0 Å². The normalized spacial score (nSPS) is 31.6. The number of aryl methyl sites for hydroxylation is 1. The van der Waals surface area contributed by atoms with Crippen LogP contribution in [-0.4, -0.2) is 23.7 Å². The Balaban J connectivity index is 1.75. The lowest BCUT2D eigenvalue weighted by atomic mass is 9.79. The van der Waals surface area contributed by atoms with Crippen LogP contribution in [0.3, 0.4) is 0 Å². The minimum atomic E-state index is 0.0690. The SMILES string of the molecule is Cc1ccc(C(N)C2CCOC3(CCSC3)C2)cc1Cl.